The van der Waals surface area contributed by atoms with Crippen LogP contribution in [0.2, 0.25) is 0 Å². The minimum Gasteiger partial charge on any atom is -0.322 e. The highest BCUT2D eigenvalue weighted by Crippen LogP contribution is 2.36. The summed E-state index contributed by atoms with van der Waals surface area (Å²) < 4.78 is 0. The minimum absolute atomic E-state index is 0.0791. The fourth-order valence-corrected chi connectivity index (χ4v) is 3.45. The van der Waals surface area contributed by atoms with Gasteiger partial charge in [0.05, 0.1) is 9.83 Å². The molecule has 0 spiro atoms. The van der Waals surface area contributed by atoms with Gasteiger partial charge in [0.25, 0.3) is 5.69 Å². The average Bonchev–Trinajstić information content (AvgIpc) is 2.62. The Bertz CT molecular complexity index is 979. The second-order valence-corrected chi connectivity index (χ2v) is 6.53. The zero-order chi connectivity index (χ0) is 18.8. The summed E-state index contributed by atoms with van der Waals surface area (Å²) >= 11 is 0.982. The van der Waals surface area contributed by atoms with Gasteiger partial charge in [-0.15, -0.1) is 0 Å². The van der Waals surface area contributed by atoms with Gasteiger partial charge in [-0.25, -0.2) is 0 Å². The lowest BCUT2D eigenvalue weighted by molar-refractivity contribution is -0.384. The monoisotopic (exact) mass is 368 g/mol. The highest BCUT2D eigenvalue weighted by Gasteiger charge is 2.33. The van der Waals surface area contributed by atoms with Crippen molar-refractivity contribution < 1.29 is 19.3 Å². The van der Waals surface area contributed by atoms with Crippen LogP contribution in [-0.2, 0) is 4.79 Å². The van der Waals surface area contributed by atoms with Crippen molar-refractivity contribution in [2.24, 2.45) is 0 Å². The first-order chi connectivity index (χ1) is 12.4. The molecule has 1 amide bonds. The number of nitro groups is 1. The van der Waals surface area contributed by atoms with Crippen LogP contribution < -0.4 is 5.32 Å². The van der Waals surface area contributed by atoms with Gasteiger partial charge in [0.15, 0.2) is 0 Å². The largest absolute Gasteiger partial charge is 0.322 e. The molecule has 2 aromatic carbocycles. The molecule has 0 radical (unpaired) electrons. The maximum Gasteiger partial charge on any atom is 0.269 e. The Morgan fingerprint density at radius 3 is 2.12 bits per heavy atom. The van der Waals surface area contributed by atoms with Gasteiger partial charge in [0.1, 0.15) is 5.70 Å². The molecule has 0 atom stereocenters. The van der Waals surface area contributed by atoms with Crippen molar-refractivity contribution in [3.05, 3.63) is 80.4 Å². The quantitative estimate of drug-likeness (QED) is 0.656. The van der Waals surface area contributed by atoms with Crippen LogP contribution in [0.5, 0.6) is 0 Å². The highest BCUT2D eigenvalue weighted by atomic mass is 32.2. The van der Waals surface area contributed by atoms with E-state index in [1.165, 1.54) is 37.3 Å². The number of rotatable bonds is 4. The Labute approximate surface area is 152 Å². The number of fused-ring (bicyclic) bond motifs is 1. The van der Waals surface area contributed by atoms with Crippen LogP contribution in [0.1, 0.15) is 27.6 Å². The standard InChI is InChI=1S/C18H12N2O5S/c1-10(21)19-15-16(22)13-4-2-3-5-14(13)17(23)18(15)26-12-8-6-11(7-9-12)20(24)25/h2-9H,1H3,(H,19,21). The van der Waals surface area contributed by atoms with Crippen molar-refractivity contribution >= 4 is 34.9 Å². The number of nitro benzene ring substituents is 1. The molecule has 0 bridgehead atoms. The van der Waals surface area contributed by atoms with Gasteiger partial charge >= 0.3 is 0 Å². The van der Waals surface area contributed by atoms with E-state index in [2.05, 4.69) is 5.32 Å². The molecule has 0 unspecified atom stereocenters. The number of carbonyl (C=O) groups is 3. The molecule has 1 aliphatic rings. The van der Waals surface area contributed by atoms with Crippen LogP contribution in [-0.4, -0.2) is 22.4 Å². The molecule has 0 saturated heterocycles. The Balaban J connectivity index is 2.05. The number of Topliss-reactive ketones (excluding diaryl/α,β-unsaturated/α-hetero) is 2. The number of non-ortho nitro benzene ring substituents is 1. The van der Waals surface area contributed by atoms with E-state index in [-0.39, 0.29) is 33.2 Å². The number of nitrogens with one attached hydrogen (secondary N) is 1. The van der Waals surface area contributed by atoms with E-state index in [1.54, 1.807) is 18.2 Å². The van der Waals surface area contributed by atoms with Crippen molar-refractivity contribution in [1.29, 1.82) is 0 Å². The lowest BCUT2D eigenvalue weighted by Crippen LogP contribution is -2.32. The predicted molar refractivity (Wildman–Crippen MR) is 94.9 cm³/mol. The predicted octanol–water partition coefficient (Wildman–Crippen LogP) is 3.11. The maximum atomic E-state index is 12.8. The van der Waals surface area contributed by atoms with Crippen LogP contribution in [0.4, 0.5) is 5.69 Å². The number of hydrogen-bond acceptors (Lipinski definition) is 6. The third-order valence-electron chi connectivity index (χ3n) is 3.65. The number of thioether (sulfide) groups is 1. The molecule has 0 aliphatic heterocycles. The lowest BCUT2D eigenvalue weighted by Gasteiger charge is -2.20. The normalized spacial score (nSPS) is 13.4. The van der Waals surface area contributed by atoms with E-state index in [4.69, 9.17) is 0 Å². The average molecular weight is 368 g/mol. The van der Waals surface area contributed by atoms with Crippen molar-refractivity contribution in [1.82, 2.24) is 5.32 Å². The van der Waals surface area contributed by atoms with Crippen molar-refractivity contribution in [2.45, 2.75) is 11.8 Å². The molecule has 8 heteroatoms. The summed E-state index contributed by atoms with van der Waals surface area (Å²) in [7, 11) is 0. The molecule has 3 rings (SSSR count). The SMILES string of the molecule is CC(=O)NC1=C(Sc2ccc([N+](=O)[O-])cc2)C(=O)c2ccccc2C1=O. The van der Waals surface area contributed by atoms with Crippen LogP contribution in [0.25, 0.3) is 0 Å². The first kappa shape index (κ1) is 17.6. The van der Waals surface area contributed by atoms with Crippen LogP contribution >= 0.6 is 11.8 Å². The topological polar surface area (TPSA) is 106 Å². The number of hydrogen-bond donors (Lipinski definition) is 1. The van der Waals surface area contributed by atoms with Gasteiger partial charge in [0.2, 0.25) is 17.5 Å². The summed E-state index contributed by atoms with van der Waals surface area (Å²) in [6, 6.07) is 12.0. The fourth-order valence-electron chi connectivity index (χ4n) is 2.49. The summed E-state index contributed by atoms with van der Waals surface area (Å²) in [5, 5.41) is 13.2. The smallest absolute Gasteiger partial charge is 0.269 e. The maximum absolute atomic E-state index is 12.8. The fraction of sp³-hybridized carbons (Fsp3) is 0.0556. The molecule has 0 heterocycles. The molecule has 7 nitrogen and oxygen atoms in total. The number of ketones is 2. The van der Waals surface area contributed by atoms with Crippen LogP contribution in [0.15, 0.2) is 64.0 Å². The molecule has 2 aromatic rings. The van der Waals surface area contributed by atoms with E-state index in [1.807, 2.05) is 0 Å². The summed E-state index contributed by atoms with van der Waals surface area (Å²) in [6.45, 7) is 1.25. The molecule has 1 aliphatic carbocycles. The van der Waals surface area contributed by atoms with Gasteiger partial charge < -0.3 is 5.32 Å². The second-order valence-electron chi connectivity index (χ2n) is 5.44. The first-order valence-electron chi connectivity index (χ1n) is 7.51. The van der Waals surface area contributed by atoms with Crippen molar-refractivity contribution in [3.63, 3.8) is 0 Å². The lowest BCUT2D eigenvalue weighted by atomic mass is 9.92. The zero-order valence-electron chi connectivity index (χ0n) is 13.5. The van der Waals surface area contributed by atoms with Gasteiger partial charge in [-0.3, -0.25) is 24.5 Å². The van der Waals surface area contributed by atoms with Crippen molar-refractivity contribution in [3.8, 4) is 0 Å². The van der Waals surface area contributed by atoms with Crippen molar-refractivity contribution in [2.75, 3.05) is 0 Å². The summed E-state index contributed by atoms with van der Waals surface area (Å²) in [5.74, 6) is -1.30. The summed E-state index contributed by atoms with van der Waals surface area (Å²) in [4.78, 5) is 47.9. The number of carbonyl (C=O) groups excluding carboxylic acids is 3. The number of benzene rings is 2. The summed E-state index contributed by atoms with van der Waals surface area (Å²) in [5.41, 5.74) is 0.330. The second kappa shape index (κ2) is 6.93. The van der Waals surface area contributed by atoms with E-state index < -0.39 is 16.6 Å². The van der Waals surface area contributed by atoms with E-state index in [0.717, 1.165) is 11.8 Å². The zero-order valence-corrected chi connectivity index (χ0v) is 14.3. The van der Waals surface area contributed by atoms with Gasteiger partial charge in [-0.1, -0.05) is 36.0 Å². The Morgan fingerprint density at radius 2 is 1.58 bits per heavy atom. The van der Waals surface area contributed by atoms with Crippen LogP contribution in [0.3, 0.4) is 0 Å². The minimum atomic E-state index is -0.526. The molecule has 0 saturated carbocycles. The molecule has 26 heavy (non-hydrogen) atoms. The van der Waals surface area contributed by atoms with Gasteiger partial charge in [-0.05, 0) is 12.1 Å². The first-order valence-corrected chi connectivity index (χ1v) is 8.32. The number of nitrogens with zero attached hydrogens (tertiary/aromatic N) is 1. The van der Waals surface area contributed by atoms with Gasteiger partial charge in [0, 0.05) is 35.1 Å². The molecule has 0 fully saturated rings. The van der Waals surface area contributed by atoms with E-state index >= 15 is 0 Å². The molecule has 1 N–H and O–H groups in total. The Kier molecular flexibility index (Phi) is 4.68. The molecular weight excluding hydrogens is 356 g/mol. The molecular formula is C18H12N2O5S. The Morgan fingerprint density at radius 1 is 1.00 bits per heavy atom. The van der Waals surface area contributed by atoms with E-state index in [9.17, 15) is 24.5 Å². The molecule has 0 aromatic heterocycles. The third kappa shape index (κ3) is 3.27. The van der Waals surface area contributed by atoms with Crippen LogP contribution in [0, 0.1) is 10.1 Å². The number of allylic oxidation sites excluding steroid dienone is 2. The molecule has 130 valence electrons. The number of amides is 1. The third-order valence-corrected chi connectivity index (χ3v) is 4.75. The highest BCUT2D eigenvalue weighted by molar-refractivity contribution is 8.04. The summed E-state index contributed by atoms with van der Waals surface area (Å²) in [6.07, 6.45) is 0. The Hall–Kier alpha value is -3.26. The van der Waals surface area contributed by atoms with E-state index in [0.29, 0.717) is 4.90 Å². The van der Waals surface area contributed by atoms with Gasteiger partial charge in [-0.2, -0.15) is 0 Å².